The number of anilines is 1. The number of hydrogen-bond donors (Lipinski definition) is 2. The van der Waals surface area contributed by atoms with Crippen molar-refractivity contribution in [1.29, 1.82) is 0 Å². The van der Waals surface area contributed by atoms with E-state index in [2.05, 4.69) is 10.4 Å². The largest absolute Gasteiger partial charge is 0.480 e. The van der Waals surface area contributed by atoms with E-state index in [1.807, 2.05) is 0 Å². The van der Waals surface area contributed by atoms with Gasteiger partial charge >= 0.3 is 5.97 Å². The zero-order chi connectivity index (χ0) is 13.7. The molecule has 1 aliphatic carbocycles. The number of amides is 1. The highest BCUT2D eigenvalue weighted by molar-refractivity contribution is 5.92. The molecule has 1 aromatic heterocycles. The van der Waals surface area contributed by atoms with Crippen molar-refractivity contribution in [3.63, 3.8) is 0 Å². The SMILES string of the molecule is O=C(O)Cn1cc(NC(=O)C2CCCCCC2)cn1. The van der Waals surface area contributed by atoms with Crippen LogP contribution in [0.4, 0.5) is 5.69 Å². The summed E-state index contributed by atoms with van der Waals surface area (Å²) < 4.78 is 1.30. The van der Waals surface area contributed by atoms with Gasteiger partial charge in [0, 0.05) is 12.1 Å². The monoisotopic (exact) mass is 265 g/mol. The van der Waals surface area contributed by atoms with Crippen molar-refractivity contribution < 1.29 is 14.7 Å². The summed E-state index contributed by atoms with van der Waals surface area (Å²) in [6.45, 7) is -0.195. The third-order valence-electron chi connectivity index (χ3n) is 3.42. The Kier molecular flexibility index (Phi) is 4.54. The molecule has 2 rings (SSSR count). The molecule has 6 heteroatoms. The van der Waals surface area contributed by atoms with Crippen LogP contribution in [-0.2, 0) is 16.1 Å². The van der Waals surface area contributed by atoms with Crippen LogP contribution in [0.3, 0.4) is 0 Å². The zero-order valence-corrected chi connectivity index (χ0v) is 10.8. The average molecular weight is 265 g/mol. The Morgan fingerprint density at radius 1 is 1.32 bits per heavy atom. The summed E-state index contributed by atoms with van der Waals surface area (Å²) in [6, 6.07) is 0. The van der Waals surface area contributed by atoms with Crippen LogP contribution >= 0.6 is 0 Å². The maximum absolute atomic E-state index is 12.1. The maximum Gasteiger partial charge on any atom is 0.325 e. The number of carbonyl (C=O) groups excluding carboxylic acids is 1. The predicted octanol–water partition coefficient (Wildman–Crippen LogP) is 1.88. The first-order valence-corrected chi connectivity index (χ1v) is 6.70. The first-order valence-electron chi connectivity index (χ1n) is 6.70. The molecule has 0 spiro atoms. The fourth-order valence-corrected chi connectivity index (χ4v) is 2.44. The molecule has 1 fully saturated rings. The average Bonchev–Trinajstić information content (AvgIpc) is 2.64. The second-order valence-electron chi connectivity index (χ2n) is 5.00. The van der Waals surface area contributed by atoms with Gasteiger partial charge in [0.1, 0.15) is 6.54 Å². The lowest BCUT2D eigenvalue weighted by Crippen LogP contribution is -2.22. The Morgan fingerprint density at radius 3 is 2.63 bits per heavy atom. The number of hydrogen-bond acceptors (Lipinski definition) is 3. The Bertz CT molecular complexity index is 448. The summed E-state index contributed by atoms with van der Waals surface area (Å²) in [5, 5.41) is 15.4. The number of aromatic nitrogens is 2. The van der Waals surface area contributed by atoms with Gasteiger partial charge in [0.15, 0.2) is 0 Å². The molecule has 0 aliphatic heterocycles. The molecule has 0 unspecified atom stereocenters. The lowest BCUT2D eigenvalue weighted by molar-refractivity contribution is -0.137. The molecule has 0 aromatic carbocycles. The maximum atomic E-state index is 12.1. The van der Waals surface area contributed by atoms with E-state index in [0.717, 1.165) is 25.7 Å². The van der Waals surface area contributed by atoms with Crippen molar-refractivity contribution in [3.05, 3.63) is 12.4 Å². The molecular formula is C13H19N3O3. The van der Waals surface area contributed by atoms with E-state index in [9.17, 15) is 9.59 Å². The van der Waals surface area contributed by atoms with Crippen molar-refractivity contribution >= 4 is 17.6 Å². The van der Waals surface area contributed by atoms with Crippen LogP contribution in [0.25, 0.3) is 0 Å². The Hall–Kier alpha value is -1.85. The third kappa shape index (κ3) is 4.08. The summed E-state index contributed by atoms with van der Waals surface area (Å²) in [5.41, 5.74) is 0.565. The standard InChI is InChI=1S/C13H19N3O3/c17-12(18)9-16-8-11(7-14-16)15-13(19)10-5-3-1-2-4-6-10/h7-8,10H,1-6,9H2,(H,15,19)(H,17,18). The van der Waals surface area contributed by atoms with E-state index >= 15 is 0 Å². The van der Waals surface area contributed by atoms with Gasteiger partial charge in [-0.2, -0.15) is 5.10 Å². The zero-order valence-electron chi connectivity index (χ0n) is 10.8. The topological polar surface area (TPSA) is 84.2 Å². The summed E-state index contributed by atoms with van der Waals surface area (Å²) in [5.74, 6) is -0.855. The van der Waals surface area contributed by atoms with Crippen LogP contribution in [0, 0.1) is 5.92 Å². The van der Waals surface area contributed by atoms with Crippen LogP contribution in [0.15, 0.2) is 12.4 Å². The van der Waals surface area contributed by atoms with Gasteiger partial charge in [0.2, 0.25) is 5.91 Å². The number of aliphatic carboxylic acids is 1. The quantitative estimate of drug-likeness (QED) is 0.814. The third-order valence-corrected chi connectivity index (χ3v) is 3.42. The van der Waals surface area contributed by atoms with Crippen molar-refractivity contribution in [3.8, 4) is 0 Å². The molecule has 1 aliphatic rings. The number of nitrogens with one attached hydrogen (secondary N) is 1. The minimum absolute atomic E-state index is 0.0248. The number of rotatable bonds is 4. The fourth-order valence-electron chi connectivity index (χ4n) is 2.44. The highest BCUT2D eigenvalue weighted by Crippen LogP contribution is 2.24. The van der Waals surface area contributed by atoms with E-state index in [-0.39, 0.29) is 18.4 Å². The molecule has 19 heavy (non-hydrogen) atoms. The summed E-state index contributed by atoms with van der Waals surface area (Å²) in [6.07, 6.45) is 9.54. The molecule has 0 saturated heterocycles. The van der Waals surface area contributed by atoms with Crippen molar-refractivity contribution in [2.45, 2.75) is 45.1 Å². The summed E-state index contributed by atoms with van der Waals surface area (Å²) >= 11 is 0. The van der Waals surface area contributed by atoms with Gasteiger partial charge in [0.25, 0.3) is 0 Å². The molecule has 0 radical (unpaired) electrons. The van der Waals surface area contributed by atoms with Crippen LogP contribution in [-0.4, -0.2) is 26.8 Å². The lowest BCUT2D eigenvalue weighted by Gasteiger charge is -2.12. The van der Waals surface area contributed by atoms with Crippen molar-refractivity contribution in [1.82, 2.24) is 9.78 Å². The van der Waals surface area contributed by atoms with Crippen LogP contribution in [0.2, 0.25) is 0 Å². The smallest absolute Gasteiger partial charge is 0.325 e. The van der Waals surface area contributed by atoms with E-state index in [4.69, 9.17) is 5.11 Å². The number of nitrogens with zero attached hydrogens (tertiary/aromatic N) is 2. The molecule has 1 heterocycles. The minimum atomic E-state index is -0.954. The Morgan fingerprint density at radius 2 is 2.00 bits per heavy atom. The molecule has 1 saturated carbocycles. The molecule has 104 valence electrons. The minimum Gasteiger partial charge on any atom is -0.480 e. The molecular weight excluding hydrogens is 246 g/mol. The van der Waals surface area contributed by atoms with Gasteiger partial charge in [-0.05, 0) is 12.8 Å². The van der Waals surface area contributed by atoms with Gasteiger partial charge in [-0.15, -0.1) is 0 Å². The highest BCUT2D eigenvalue weighted by Gasteiger charge is 2.20. The predicted molar refractivity (Wildman–Crippen MR) is 69.7 cm³/mol. The van der Waals surface area contributed by atoms with E-state index in [0.29, 0.717) is 5.69 Å². The molecule has 2 N–H and O–H groups in total. The fraction of sp³-hybridized carbons (Fsp3) is 0.615. The first kappa shape index (κ1) is 13.6. The second kappa shape index (κ2) is 6.36. The van der Waals surface area contributed by atoms with Gasteiger partial charge in [-0.3, -0.25) is 14.3 Å². The van der Waals surface area contributed by atoms with Gasteiger partial charge in [-0.1, -0.05) is 25.7 Å². The molecule has 1 aromatic rings. The van der Waals surface area contributed by atoms with E-state index in [1.165, 1.54) is 23.7 Å². The van der Waals surface area contributed by atoms with Crippen LogP contribution in [0.1, 0.15) is 38.5 Å². The van der Waals surface area contributed by atoms with Gasteiger partial charge in [0.05, 0.1) is 11.9 Å². The number of carboxylic acid groups (broad SMARTS) is 1. The summed E-state index contributed by atoms with van der Waals surface area (Å²) in [4.78, 5) is 22.6. The van der Waals surface area contributed by atoms with Crippen molar-refractivity contribution in [2.24, 2.45) is 5.92 Å². The Balaban J connectivity index is 1.90. The van der Waals surface area contributed by atoms with E-state index < -0.39 is 5.97 Å². The van der Waals surface area contributed by atoms with Gasteiger partial charge < -0.3 is 10.4 Å². The van der Waals surface area contributed by atoms with Crippen LogP contribution < -0.4 is 5.32 Å². The number of carboxylic acids is 1. The molecule has 1 amide bonds. The Labute approximate surface area is 111 Å². The molecule has 0 atom stereocenters. The van der Waals surface area contributed by atoms with Crippen LogP contribution in [0.5, 0.6) is 0 Å². The summed E-state index contributed by atoms with van der Waals surface area (Å²) in [7, 11) is 0. The highest BCUT2D eigenvalue weighted by atomic mass is 16.4. The molecule has 6 nitrogen and oxygen atoms in total. The first-order chi connectivity index (χ1) is 9.15. The second-order valence-corrected chi connectivity index (χ2v) is 5.00. The van der Waals surface area contributed by atoms with E-state index in [1.54, 1.807) is 6.20 Å². The lowest BCUT2D eigenvalue weighted by atomic mass is 9.99. The number of carbonyl (C=O) groups is 2. The van der Waals surface area contributed by atoms with Crippen molar-refractivity contribution in [2.75, 3.05) is 5.32 Å². The normalized spacial score (nSPS) is 16.8. The molecule has 0 bridgehead atoms. The van der Waals surface area contributed by atoms with Gasteiger partial charge in [-0.25, -0.2) is 0 Å².